The van der Waals surface area contributed by atoms with Crippen LogP contribution in [0.1, 0.15) is 38.9 Å². The van der Waals surface area contributed by atoms with Gasteiger partial charge in [-0.05, 0) is 44.2 Å². The molecule has 0 radical (unpaired) electrons. The molecule has 2 aromatic carbocycles. The quantitative estimate of drug-likeness (QED) is 0.330. The highest BCUT2D eigenvalue weighted by Crippen LogP contribution is 2.21. The van der Waals surface area contributed by atoms with Crippen LogP contribution in [0.4, 0.5) is 0 Å². The van der Waals surface area contributed by atoms with Crippen molar-refractivity contribution in [2.45, 2.75) is 13.8 Å². The van der Waals surface area contributed by atoms with E-state index in [9.17, 15) is 19.5 Å². The van der Waals surface area contributed by atoms with E-state index in [1.54, 1.807) is 62.0 Å². The number of carbonyl (C=O) groups is 2. The molecule has 0 unspecified atom stereocenters. The lowest BCUT2D eigenvalue weighted by Gasteiger charge is -2.12. The Hall–Kier alpha value is -4.66. The van der Waals surface area contributed by atoms with E-state index in [4.69, 9.17) is 10.1 Å². The van der Waals surface area contributed by atoms with Crippen LogP contribution in [-0.2, 0) is 11.8 Å². The molecule has 0 amide bonds. The van der Waals surface area contributed by atoms with Crippen molar-refractivity contribution in [1.82, 2.24) is 13.9 Å². The van der Waals surface area contributed by atoms with Crippen LogP contribution < -0.4 is 11.0 Å². The zero-order valence-corrected chi connectivity index (χ0v) is 19.5. The van der Waals surface area contributed by atoms with Gasteiger partial charge >= 0.3 is 5.97 Å². The van der Waals surface area contributed by atoms with Crippen LogP contribution in [0.5, 0.6) is 5.75 Å². The van der Waals surface area contributed by atoms with Gasteiger partial charge in [-0.1, -0.05) is 30.3 Å². The van der Waals surface area contributed by atoms with Crippen LogP contribution in [-0.4, -0.2) is 37.4 Å². The molecule has 0 aliphatic carbocycles. The van der Waals surface area contributed by atoms with Crippen LogP contribution >= 0.6 is 0 Å². The van der Waals surface area contributed by atoms with Gasteiger partial charge in [-0.2, -0.15) is 0 Å². The summed E-state index contributed by atoms with van der Waals surface area (Å²) in [5.41, 5.74) is 0.367. The minimum atomic E-state index is -0.796. The summed E-state index contributed by atoms with van der Waals surface area (Å²) in [6, 6.07) is 16.3. The number of carbonyl (C=O) groups excluding carboxylic acids is 2. The summed E-state index contributed by atoms with van der Waals surface area (Å²) in [6.45, 7) is 3.41. The zero-order chi connectivity index (χ0) is 25.3. The Morgan fingerprint density at radius 3 is 2.34 bits per heavy atom. The molecule has 2 heterocycles. The first-order valence-electron chi connectivity index (χ1n) is 10.9. The lowest BCUT2D eigenvalue weighted by Crippen LogP contribution is -2.31. The maximum atomic E-state index is 13.6. The first kappa shape index (κ1) is 23.5. The largest absolute Gasteiger partial charge is 0.507 e. The molecule has 35 heavy (non-hydrogen) atoms. The number of ether oxygens (including phenoxy) is 1. The van der Waals surface area contributed by atoms with E-state index >= 15 is 0 Å². The van der Waals surface area contributed by atoms with Gasteiger partial charge in [0.05, 0.1) is 23.6 Å². The van der Waals surface area contributed by atoms with E-state index in [-0.39, 0.29) is 40.2 Å². The topological polar surface area (TPSA) is 119 Å². The SMILES string of the molecule is CCOC(=O)c1cc(C(=O)c2ccccc2O)cn(-c2c(C)n(C)n(-c3ccccc3)c2=O)c1=N. The van der Waals surface area contributed by atoms with Crippen molar-refractivity contribution in [3.05, 3.63) is 105 Å². The van der Waals surface area contributed by atoms with Crippen LogP contribution in [0.15, 0.2) is 71.7 Å². The standard InChI is InChI=1S/C26H24N4O5/c1-4-35-26(34)20-14-17(23(32)19-12-8-9-13-21(19)31)15-29(24(20)27)22-16(2)28(3)30(25(22)33)18-10-6-5-7-11-18/h5-15,27,31H,4H2,1-3H3. The molecular weight excluding hydrogens is 448 g/mol. The fourth-order valence-electron chi connectivity index (χ4n) is 3.91. The van der Waals surface area contributed by atoms with Crippen molar-refractivity contribution in [3.8, 4) is 17.1 Å². The van der Waals surface area contributed by atoms with E-state index in [0.29, 0.717) is 11.4 Å². The highest BCUT2D eigenvalue weighted by molar-refractivity contribution is 6.11. The van der Waals surface area contributed by atoms with Gasteiger partial charge in [0.15, 0.2) is 5.78 Å². The second-order valence-corrected chi connectivity index (χ2v) is 7.84. The van der Waals surface area contributed by atoms with E-state index in [1.807, 2.05) is 6.07 Å². The molecule has 0 bridgehead atoms. The first-order chi connectivity index (χ1) is 16.8. The Bertz CT molecular complexity index is 1560. The van der Waals surface area contributed by atoms with E-state index in [0.717, 1.165) is 0 Å². The number of phenols is 1. The smallest absolute Gasteiger partial charge is 0.341 e. The molecule has 4 aromatic rings. The third-order valence-corrected chi connectivity index (χ3v) is 5.73. The third kappa shape index (κ3) is 4.08. The van der Waals surface area contributed by atoms with E-state index < -0.39 is 17.3 Å². The summed E-state index contributed by atoms with van der Waals surface area (Å²) in [5.74, 6) is -1.59. The number of rotatable bonds is 6. The van der Waals surface area contributed by atoms with Gasteiger partial charge in [-0.15, -0.1) is 0 Å². The van der Waals surface area contributed by atoms with Crippen molar-refractivity contribution in [2.75, 3.05) is 6.61 Å². The molecule has 0 fully saturated rings. The van der Waals surface area contributed by atoms with Crippen molar-refractivity contribution < 1.29 is 19.4 Å². The normalized spacial score (nSPS) is 10.8. The van der Waals surface area contributed by atoms with Gasteiger partial charge in [-0.25, -0.2) is 9.48 Å². The van der Waals surface area contributed by atoms with Gasteiger partial charge in [0, 0.05) is 18.8 Å². The molecule has 2 aromatic heterocycles. The fourth-order valence-corrected chi connectivity index (χ4v) is 3.91. The average Bonchev–Trinajstić information content (AvgIpc) is 3.07. The van der Waals surface area contributed by atoms with Gasteiger partial charge in [0.1, 0.15) is 22.5 Å². The first-order valence-corrected chi connectivity index (χ1v) is 10.9. The highest BCUT2D eigenvalue weighted by Gasteiger charge is 2.24. The summed E-state index contributed by atoms with van der Waals surface area (Å²) in [6.07, 6.45) is 1.33. The Morgan fingerprint density at radius 2 is 1.69 bits per heavy atom. The molecule has 0 spiro atoms. The number of esters is 1. The maximum absolute atomic E-state index is 13.6. The molecule has 4 rings (SSSR count). The molecule has 0 aliphatic heterocycles. The number of aromatic nitrogens is 3. The zero-order valence-electron chi connectivity index (χ0n) is 19.5. The Balaban J connectivity index is 2.01. The number of aromatic hydroxyl groups is 1. The van der Waals surface area contributed by atoms with Crippen LogP contribution in [0.2, 0.25) is 0 Å². The van der Waals surface area contributed by atoms with Crippen molar-refractivity contribution in [2.24, 2.45) is 7.05 Å². The predicted octanol–water partition coefficient (Wildman–Crippen LogP) is 2.87. The molecule has 2 N–H and O–H groups in total. The van der Waals surface area contributed by atoms with Crippen molar-refractivity contribution in [3.63, 3.8) is 0 Å². The number of ketones is 1. The van der Waals surface area contributed by atoms with Gasteiger partial charge in [0.2, 0.25) is 0 Å². The number of phenolic OH excluding ortho intramolecular Hbond substituents is 1. The Kier molecular flexibility index (Phi) is 6.24. The minimum Gasteiger partial charge on any atom is -0.507 e. The second-order valence-electron chi connectivity index (χ2n) is 7.84. The highest BCUT2D eigenvalue weighted by atomic mass is 16.5. The predicted molar refractivity (Wildman–Crippen MR) is 128 cm³/mol. The number of pyridine rings is 1. The number of nitrogens with zero attached hydrogens (tertiary/aromatic N) is 3. The maximum Gasteiger partial charge on any atom is 0.341 e. The van der Waals surface area contributed by atoms with Crippen LogP contribution in [0.25, 0.3) is 11.4 Å². The van der Waals surface area contributed by atoms with E-state index in [2.05, 4.69) is 0 Å². The molecule has 9 nitrogen and oxygen atoms in total. The number of benzene rings is 2. The lowest BCUT2D eigenvalue weighted by molar-refractivity contribution is 0.0523. The number of para-hydroxylation sites is 2. The number of hydrogen-bond donors (Lipinski definition) is 2. The molecule has 178 valence electrons. The van der Waals surface area contributed by atoms with Gasteiger partial charge in [-0.3, -0.25) is 24.2 Å². The summed E-state index contributed by atoms with van der Waals surface area (Å²) in [4.78, 5) is 39.5. The Labute approximate surface area is 200 Å². The monoisotopic (exact) mass is 472 g/mol. The van der Waals surface area contributed by atoms with Gasteiger partial charge in [0.25, 0.3) is 5.56 Å². The van der Waals surface area contributed by atoms with Crippen molar-refractivity contribution >= 4 is 11.8 Å². The minimum absolute atomic E-state index is 0.0134. The molecule has 9 heteroatoms. The molecule has 0 saturated carbocycles. The molecular formula is C26H24N4O5. The van der Waals surface area contributed by atoms with E-state index in [1.165, 1.54) is 33.6 Å². The summed E-state index contributed by atoms with van der Waals surface area (Å²) in [5, 5.41) is 18.9. The molecule has 0 aliphatic rings. The average molecular weight is 473 g/mol. The summed E-state index contributed by atoms with van der Waals surface area (Å²) >= 11 is 0. The summed E-state index contributed by atoms with van der Waals surface area (Å²) < 4.78 is 9.40. The number of hydrogen-bond acceptors (Lipinski definition) is 6. The fraction of sp³-hybridized carbons (Fsp3) is 0.154. The Morgan fingerprint density at radius 1 is 1.03 bits per heavy atom. The molecule has 0 atom stereocenters. The third-order valence-electron chi connectivity index (χ3n) is 5.73. The molecule has 0 saturated heterocycles. The summed E-state index contributed by atoms with van der Waals surface area (Å²) in [7, 11) is 1.71. The van der Waals surface area contributed by atoms with Crippen LogP contribution in [0.3, 0.4) is 0 Å². The van der Waals surface area contributed by atoms with Crippen LogP contribution in [0, 0.1) is 12.3 Å². The number of nitrogens with one attached hydrogen (secondary N) is 1. The lowest BCUT2D eigenvalue weighted by atomic mass is 10.0. The van der Waals surface area contributed by atoms with Gasteiger partial charge < -0.3 is 9.84 Å². The van der Waals surface area contributed by atoms with Crippen molar-refractivity contribution in [1.29, 1.82) is 5.41 Å². The second kappa shape index (κ2) is 9.30.